The molecule has 1 N–H and O–H groups in total. The van der Waals surface area contributed by atoms with Crippen LogP contribution in [0.4, 0.5) is 0 Å². The van der Waals surface area contributed by atoms with E-state index in [-0.39, 0.29) is 5.56 Å². The Hall–Kier alpha value is -5.16. The largest absolute Gasteiger partial charge is 0.291 e. The molecule has 0 amide bonds. The van der Waals surface area contributed by atoms with E-state index in [1.807, 2.05) is 95.8 Å². The van der Waals surface area contributed by atoms with Crippen LogP contribution in [-0.4, -0.2) is 19.6 Å². The van der Waals surface area contributed by atoms with Crippen molar-refractivity contribution in [2.75, 3.05) is 0 Å². The van der Waals surface area contributed by atoms with Crippen LogP contribution < -0.4 is 16.1 Å². The summed E-state index contributed by atoms with van der Waals surface area (Å²) in [5.74, 6) is 0. The maximum Gasteiger partial charge on any atom is 0.279 e. The summed E-state index contributed by atoms with van der Waals surface area (Å²) in [5, 5.41) is 9.07. The third-order valence-electron chi connectivity index (χ3n) is 6.35. The molecule has 37 heavy (non-hydrogen) atoms. The highest BCUT2D eigenvalue weighted by Crippen LogP contribution is 2.27. The second-order valence-electron chi connectivity index (χ2n) is 8.78. The average molecular weight is 481 g/mol. The van der Waals surface area contributed by atoms with E-state index in [1.165, 1.54) is 4.68 Å². The predicted octanol–water partition coefficient (Wildman–Crippen LogP) is 4.92. The monoisotopic (exact) mass is 480 g/mol. The highest BCUT2D eigenvalue weighted by atomic mass is 16.1. The third kappa shape index (κ3) is 4.34. The summed E-state index contributed by atoms with van der Waals surface area (Å²) < 4.78 is 3.36. The molecule has 5 nitrogen and oxygen atoms in total. The van der Waals surface area contributed by atoms with Crippen LogP contribution in [0.15, 0.2) is 126 Å². The van der Waals surface area contributed by atoms with Crippen LogP contribution in [0, 0.1) is 0 Å². The zero-order valence-electron chi connectivity index (χ0n) is 20.1. The summed E-state index contributed by atoms with van der Waals surface area (Å²) in [6.45, 7) is 4.10. The summed E-state index contributed by atoms with van der Waals surface area (Å²) in [7, 11) is 0. The molecule has 6 rings (SSSR count). The molecule has 0 spiro atoms. The third-order valence-corrected chi connectivity index (χ3v) is 6.35. The first kappa shape index (κ1) is 22.3. The predicted molar refractivity (Wildman–Crippen MR) is 149 cm³/mol. The Labute approximate surface area is 213 Å². The van der Waals surface area contributed by atoms with Crippen LogP contribution in [-0.2, 0) is 0 Å². The van der Waals surface area contributed by atoms with Crippen molar-refractivity contribution in [1.29, 1.82) is 0 Å². The van der Waals surface area contributed by atoms with Gasteiger partial charge in [0.05, 0.1) is 27.6 Å². The number of benzene rings is 4. The van der Waals surface area contributed by atoms with E-state index in [1.54, 1.807) is 0 Å². The van der Waals surface area contributed by atoms with Crippen molar-refractivity contribution in [3.63, 3.8) is 0 Å². The molecule has 0 saturated heterocycles. The molecule has 0 aliphatic rings. The summed E-state index contributed by atoms with van der Waals surface area (Å²) in [6, 6.07) is 38.0. The molecule has 4 aromatic carbocycles. The van der Waals surface area contributed by atoms with Crippen molar-refractivity contribution in [3.8, 4) is 33.8 Å². The smallest absolute Gasteiger partial charge is 0.279 e. The fraction of sp³-hybridized carbons (Fsp3) is 0. The zero-order valence-corrected chi connectivity index (χ0v) is 20.1. The van der Waals surface area contributed by atoms with Gasteiger partial charge in [0.15, 0.2) is 0 Å². The summed E-state index contributed by atoms with van der Waals surface area (Å²) in [5.41, 5.74) is 6.41. The molecule has 5 heteroatoms. The van der Waals surface area contributed by atoms with E-state index in [2.05, 4.69) is 48.1 Å². The number of nitrogens with zero attached hydrogens (tertiary/aromatic N) is 3. The molecule has 0 bridgehead atoms. The summed E-state index contributed by atoms with van der Waals surface area (Å²) in [6.07, 6.45) is 3.82. The van der Waals surface area contributed by atoms with E-state index < -0.39 is 0 Å². The lowest BCUT2D eigenvalue weighted by molar-refractivity contribution is 0.838. The lowest BCUT2D eigenvalue weighted by atomic mass is 10.0. The first-order chi connectivity index (χ1) is 18.2. The van der Waals surface area contributed by atoms with E-state index in [0.717, 1.165) is 39.3 Å². The molecule has 0 radical (unpaired) electrons. The summed E-state index contributed by atoms with van der Waals surface area (Å²) >= 11 is 0. The number of rotatable bonds is 5. The van der Waals surface area contributed by atoms with Gasteiger partial charge in [-0.25, -0.2) is 9.36 Å². The minimum atomic E-state index is -0.158. The van der Waals surface area contributed by atoms with Crippen LogP contribution in [0.3, 0.4) is 0 Å². The minimum absolute atomic E-state index is 0.158. The zero-order chi connectivity index (χ0) is 25.2. The standard InChI is InChI=1S/C32H24N4O/c1-23-30(32(37)36(33-23)29-15-9-4-10-16-29)21-27-22-35(28-13-7-3-8-14-28)34-31(27)26-19-17-25(18-20-26)24-11-5-2-6-12-24/h2-22,33H,1H2/b30-21-. The molecule has 0 atom stereocenters. The molecular formula is C32H24N4O. The Kier molecular flexibility index (Phi) is 5.71. The lowest BCUT2D eigenvalue weighted by Crippen LogP contribution is -2.33. The normalized spacial score (nSPS) is 11.6. The van der Waals surface area contributed by atoms with Gasteiger partial charge in [-0.3, -0.25) is 9.89 Å². The van der Waals surface area contributed by atoms with Crippen molar-refractivity contribution in [2.24, 2.45) is 0 Å². The Morgan fingerprint density at radius 2 is 1.22 bits per heavy atom. The van der Waals surface area contributed by atoms with Gasteiger partial charge >= 0.3 is 0 Å². The first-order valence-corrected chi connectivity index (χ1v) is 12.1. The van der Waals surface area contributed by atoms with Crippen molar-refractivity contribution in [3.05, 3.63) is 148 Å². The SMILES string of the molecule is C=c1[nH]n(-c2ccccc2)c(=O)/c1=C\c1cn(-c2ccccc2)nc1-c1ccc(-c2ccccc2)cc1. The van der Waals surface area contributed by atoms with Crippen molar-refractivity contribution in [1.82, 2.24) is 19.6 Å². The molecule has 178 valence electrons. The van der Waals surface area contributed by atoms with Gasteiger partial charge < -0.3 is 0 Å². The molecule has 0 saturated carbocycles. The quantitative estimate of drug-likeness (QED) is 0.381. The Morgan fingerprint density at radius 3 is 1.86 bits per heavy atom. The van der Waals surface area contributed by atoms with Crippen LogP contribution in [0.25, 0.3) is 46.4 Å². The first-order valence-electron chi connectivity index (χ1n) is 12.1. The van der Waals surface area contributed by atoms with Gasteiger partial charge in [0, 0.05) is 17.3 Å². The molecule has 6 aromatic rings. The molecule has 0 aliphatic heterocycles. The van der Waals surface area contributed by atoms with E-state index in [0.29, 0.717) is 10.6 Å². The maximum absolute atomic E-state index is 13.4. The number of nitrogens with one attached hydrogen (secondary N) is 1. The molecular weight excluding hydrogens is 456 g/mol. The number of hydrogen-bond donors (Lipinski definition) is 1. The van der Waals surface area contributed by atoms with E-state index in [9.17, 15) is 4.79 Å². The van der Waals surface area contributed by atoms with Crippen molar-refractivity contribution >= 4 is 12.7 Å². The van der Waals surface area contributed by atoms with Gasteiger partial charge in [0.2, 0.25) is 0 Å². The van der Waals surface area contributed by atoms with Crippen molar-refractivity contribution in [2.45, 2.75) is 0 Å². The van der Waals surface area contributed by atoms with Gasteiger partial charge in [-0.15, -0.1) is 0 Å². The molecule has 2 heterocycles. The highest BCUT2D eigenvalue weighted by Gasteiger charge is 2.13. The molecule has 0 aliphatic carbocycles. The highest BCUT2D eigenvalue weighted by molar-refractivity contribution is 5.74. The Morgan fingerprint density at radius 1 is 0.676 bits per heavy atom. The second kappa shape index (κ2) is 9.47. The second-order valence-corrected chi connectivity index (χ2v) is 8.78. The van der Waals surface area contributed by atoms with Gasteiger partial charge in [-0.2, -0.15) is 5.10 Å². The molecule has 2 aromatic heterocycles. The number of aromatic amines is 1. The minimum Gasteiger partial charge on any atom is -0.291 e. The lowest BCUT2D eigenvalue weighted by Gasteiger charge is -2.04. The number of hydrogen-bond acceptors (Lipinski definition) is 2. The number of para-hydroxylation sites is 2. The topological polar surface area (TPSA) is 55.6 Å². The maximum atomic E-state index is 13.4. The fourth-order valence-electron chi connectivity index (χ4n) is 4.44. The van der Waals surface area contributed by atoms with Crippen LogP contribution in [0.5, 0.6) is 0 Å². The molecule has 0 unspecified atom stereocenters. The molecule has 0 fully saturated rings. The van der Waals surface area contributed by atoms with Crippen LogP contribution in [0.2, 0.25) is 0 Å². The Bertz CT molecular complexity index is 1830. The van der Waals surface area contributed by atoms with Gasteiger partial charge in [-0.1, -0.05) is 97.6 Å². The van der Waals surface area contributed by atoms with Crippen molar-refractivity contribution < 1.29 is 0 Å². The number of H-pyrrole nitrogens is 1. The number of aromatic nitrogens is 4. The fourth-order valence-corrected chi connectivity index (χ4v) is 4.44. The van der Waals surface area contributed by atoms with Gasteiger partial charge in [0.1, 0.15) is 0 Å². The van der Waals surface area contributed by atoms with E-state index in [4.69, 9.17) is 5.10 Å². The Balaban J connectivity index is 1.50. The van der Waals surface area contributed by atoms with E-state index >= 15 is 0 Å². The summed E-state index contributed by atoms with van der Waals surface area (Å²) in [4.78, 5) is 13.4. The van der Waals surface area contributed by atoms with Gasteiger partial charge in [-0.05, 0) is 41.5 Å². The van der Waals surface area contributed by atoms with Gasteiger partial charge in [0.25, 0.3) is 5.56 Å². The van der Waals surface area contributed by atoms with Crippen LogP contribution in [0.1, 0.15) is 5.56 Å². The average Bonchev–Trinajstić information content (AvgIpc) is 3.51. The van der Waals surface area contributed by atoms with Crippen LogP contribution >= 0.6 is 0 Å².